The first-order chi connectivity index (χ1) is 8.41. The molecule has 0 saturated heterocycles. The average molecular weight is 268 g/mol. The molecule has 1 aliphatic rings. The van der Waals surface area contributed by atoms with Crippen LogP contribution in [0.2, 0.25) is 0 Å². The van der Waals surface area contributed by atoms with Crippen LogP contribution in [0.25, 0.3) is 0 Å². The van der Waals surface area contributed by atoms with Crippen LogP contribution in [0.4, 0.5) is 0 Å². The number of hydrogen-bond donors (Lipinski definition) is 1. The zero-order valence-corrected chi connectivity index (χ0v) is 14.6. The van der Waals surface area contributed by atoms with E-state index in [-0.39, 0.29) is 0 Å². The van der Waals surface area contributed by atoms with Gasteiger partial charge in [0.05, 0.1) is 0 Å². The van der Waals surface area contributed by atoms with Gasteiger partial charge in [0.15, 0.2) is 0 Å². The molecule has 0 spiro atoms. The number of nitrogens with one attached hydrogen (secondary N) is 1. The Morgan fingerprint density at radius 3 is 1.95 bits per heavy atom. The van der Waals surface area contributed by atoms with E-state index >= 15 is 0 Å². The van der Waals surface area contributed by atoms with Crippen molar-refractivity contribution in [1.29, 1.82) is 0 Å². The average Bonchev–Trinajstić information content (AvgIpc) is 2.07. The molecule has 0 amide bonds. The van der Waals surface area contributed by atoms with Crippen LogP contribution < -0.4 is 5.32 Å². The van der Waals surface area contributed by atoms with Gasteiger partial charge in [-0.3, -0.25) is 0 Å². The Hall–Kier alpha value is -0.0800. The summed E-state index contributed by atoms with van der Waals surface area (Å²) in [6, 6.07) is 0.681. The van der Waals surface area contributed by atoms with Crippen molar-refractivity contribution in [2.45, 2.75) is 66.8 Å². The second-order valence-electron chi connectivity index (χ2n) is 9.39. The van der Waals surface area contributed by atoms with Crippen molar-refractivity contribution < 1.29 is 0 Å². The lowest BCUT2D eigenvalue weighted by atomic mass is 9.63. The fraction of sp³-hybridized carbons (Fsp3) is 1.00. The summed E-state index contributed by atoms with van der Waals surface area (Å²) in [4.78, 5) is 2.29. The zero-order chi connectivity index (χ0) is 14.9. The van der Waals surface area contributed by atoms with Gasteiger partial charge in [-0.2, -0.15) is 0 Å². The van der Waals surface area contributed by atoms with E-state index in [1.54, 1.807) is 0 Å². The largest absolute Gasteiger partial charge is 0.313 e. The highest BCUT2D eigenvalue weighted by Crippen LogP contribution is 2.45. The van der Waals surface area contributed by atoms with Crippen LogP contribution in [-0.4, -0.2) is 38.1 Å². The molecule has 1 aliphatic carbocycles. The molecule has 1 rings (SSSR count). The fourth-order valence-corrected chi connectivity index (χ4v) is 4.32. The maximum absolute atomic E-state index is 3.85. The Morgan fingerprint density at radius 1 is 1.05 bits per heavy atom. The number of rotatable bonds is 5. The lowest BCUT2D eigenvalue weighted by Crippen LogP contribution is -2.47. The monoisotopic (exact) mass is 268 g/mol. The van der Waals surface area contributed by atoms with E-state index in [4.69, 9.17) is 0 Å². The van der Waals surface area contributed by atoms with Gasteiger partial charge in [0.2, 0.25) is 0 Å². The minimum Gasteiger partial charge on any atom is -0.313 e. The minimum absolute atomic E-state index is 0.342. The Labute approximate surface area is 121 Å². The van der Waals surface area contributed by atoms with Gasteiger partial charge in [-0.1, -0.05) is 41.5 Å². The van der Waals surface area contributed by atoms with Gasteiger partial charge in [0.25, 0.3) is 0 Å². The standard InChI is InChI=1S/C17H36N2/c1-15(2)9-14(10-16(3,4)11-15)18-12-17(5,6)13-19(7)8/h14,18H,9-13H2,1-8H3. The van der Waals surface area contributed by atoms with Crippen LogP contribution >= 0.6 is 0 Å². The van der Waals surface area contributed by atoms with Crippen molar-refractivity contribution in [3.63, 3.8) is 0 Å². The molecular formula is C17H36N2. The molecule has 0 aromatic carbocycles. The van der Waals surface area contributed by atoms with Gasteiger partial charge in [0.1, 0.15) is 0 Å². The summed E-state index contributed by atoms with van der Waals surface area (Å²) in [6.07, 6.45) is 3.97. The van der Waals surface area contributed by atoms with Crippen molar-refractivity contribution in [3.8, 4) is 0 Å². The first-order valence-corrected chi connectivity index (χ1v) is 7.79. The van der Waals surface area contributed by atoms with Gasteiger partial charge < -0.3 is 10.2 Å². The van der Waals surface area contributed by atoms with Gasteiger partial charge in [0, 0.05) is 19.1 Å². The molecule has 114 valence electrons. The molecule has 0 heterocycles. The van der Waals surface area contributed by atoms with E-state index in [0.29, 0.717) is 22.3 Å². The molecule has 0 aromatic heterocycles. The van der Waals surface area contributed by atoms with Gasteiger partial charge >= 0.3 is 0 Å². The van der Waals surface area contributed by atoms with Gasteiger partial charge in [-0.05, 0) is 49.6 Å². The summed E-state index contributed by atoms with van der Waals surface area (Å²) in [5.74, 6) is 0. The molecule has 0 bridgehead atoms. The molecule has 0 unspecified atom stereocenters. The highest BCUT2D eigenvalue weighted by molar-refractivity contribution is 4.93. The topological polar surface area (TPSA) is 15.3 Å². The highest BCUT2D eigenvalue weighted by atomic mass is 15.1. The summed E-state index contributed by atoms with van der Waals surface area (Å²) < 4.78 is 0. The molecule has 0 atom stereocenters. The minimum atomic E-state index is 0.342. The Morgan fingerprint density at radius 2 is 1.53 bits per heavy atom. The second kappa shape index (κ2) is 5.73. The summed E-state index contributed by atoms with van der Waals surface area (Å²) in [6.45, 7) is 16.7. The Kier molecular flexibility index (Phi) is 5.12. The van der Waals surface area contributed by atoms with Crippen LogP contribution in [0.15, 0.2) is 0 Å². The van der Waals surface area contributed by atoms with E-state index in [0.717, 1.165) is 13.1 Å². The summed E-state index contributed by atoms with van der Waals surface area (Å²) in [5, 5.41) is 3.85. The maximum atomic E-state index is 3.85. The normalized spacial score (nSPS) is 23.8. The summed E-state index contributed by atoms with van der Waals surface area (Å²) in [7, 11) is 4.32. The maximum Gasteiger partial charge on any atom is 0.00774 e. The van der Waals surface area contributed by atoms with Crippen molar-refractivity contribution >= 4 is 0 Å². The predicted molar refractivity (Wildman–Crippen MR) is 85.5 cm³/mol. The quantitative estimate of drug-likeness (QED) is 0.816. The first-order valence-electron chi connectivity index (χ1n) is 7.79. The predicted octanol–water partition coefficient (Wildman–Crippen LogP) is 3.77. The van der Waals surface area contributed by atoms with E-state index in [1.165, 1.54) is 19.3 Å². The van der Waals surface area contributed by atoms with Crippen LogP contribution in [0.3, 0.4) is 0 Å². The number of nitrogens with zero attached hydrogens (tertiary/aromatic N) is 1. The molecule has 2 heteroatoms. The lowest BCUT2D eigenvalue weighted by Gasteiger charge is -2.46. The molecule has 19 heavy (non-hydrogen) atoms. The van der Waals surface area contributed by atoms with Gasteiger partial charge in [-0.25, -0.2) is 0 Å². The molecule has 2 nitrogen and oxygen atoms in total. The van der Waals surface area contributed by atoms with Crippen LogP contribution in [-0.2, 0) is 0 Å². The molecule has 0 aliphatic heterocycles. The molecular weight excluding hydrogens is 232 g/mol. The number of hydrogen-bond acceptors (Lipinski definition) is 2. The SMILES string of the molecule is CN(C)CC(C)(C)CNC1CC(C)(C)CC(C)(C)C1. The molecule has 1 fully saturated rings. The first kappa shape index (κ1) is 17.0. The molecule has 0 radical (unpaired) electrons. The molecule has 0 aromatic rings. The van der Waals surface area contributed by atoms with E-state index in [9.17, 15) is 0 Å². The molecule has 1 N–H and O–H groups in total. The third-order valence-corrected chi connectivity index (χ3v) is 4.17. The summed E-state index contributed by atoms with van der Waals surface area (Å²) in [5.41, 5.74) is 1.30. The van der Waals surface area contributed by atoms with Crippen molar-refractivity contribution in [2.24, 2.45) is 16.2 Å². The van der Waals surface area contributed by atoms with Crippen molar-refractivity contribution in [1.82, 2.24) is 10.2 Å². The third-order valence-electron chi connectivity index (χ3n) is 4.17. The van der Waals surface area contributed by atoms with Gasteiger partial charge in [-0.15, -0.1) is 0 Å². The van der Waals surface area contributed by atoms with E-state index < -0.39 is 0 Å². The zero-order valence-electron chi connectivity index (χ0n) is 14.6. The van der Waals surface area contributed by atoms with E-state index in [2.05, 4.69) is 65.9 Å². The van der Waals surface area contributed by atoms with Crippen LogP contribution in [0.5, 0.6) is 0 Å². The Bertz CT molecular complexity index is 274. The summed E-state index contributed by atoms with van der Waals surface area (Å²) >= 11 is 0. The lowest BCUT2D eigenvalue weighted by molar-refractivity contribution is 0.0787. The highest BCUT2D eigenvalue weighted by Gasteiger charge is 2.38. The Balaban J connectivity index is 2.53. The smallest absolute Gasteiger partial charge is 0.00774 e. The van der Waals surface area contributed by atoms with E-state index in [1.807, 2.05) is 0 Å². The van der Waals surface area contributed by atoms with Crippen LogP contribution in [0, 0.1) is 16.2 Å². The van der Waals surface area contributed by atoms with Crippen molar-refractivity contribution in [3.05, 3.63) is 0 Å². The second-order valence-corrected chi connectivity index (χ2v) is 9.39. The third kappa shape index (κ3) is 6.27. The van der Waals surface area contributed by atoms with Crippen LogP contribution in [0.1, 0.15) is 60.8 Å². The fourth-order valence-electron chi connectivity index (χ4n) is 4.32. The van der Waals surface area contributed by atoms with Crippen molar-refractivity contribution in [2.75, 3.05) is 27.2 Å². The molecule has 1 saturated carbocycles.